The van der Waals surface area contributed by atoms with E-state index in [0.29, 0.717) is 11.6 Å². The van der Waals surface area contributed by atoms with Crippen LogP contribution in [0.15, 0.2) is 58.9 Å². The lowest BCUT2D eigenvalue weighted by Gasteiger charge is -2.03. The summed E-state index contributed by atoms with van der Waals surface area (Å²) in [5.74, 6) is 0.866. The van der Waals surface area contributed by atoms with E-state index in [2.05, 4.69) is 15.3 Å². The molecule has 3 rings (SSSR count). The standard InChI is InChI=1S/C18H16ClN3OS2/c19-13-6-8-14(9-7-13)24-11-3-5-17(23)22-18-21-16(12-25-18)15-4-1-2-10-20-15/h1-2,4,6-10,12H,3,5,11H2,(H,21,22,23). The number of nitrogens with one attached hydrogen (secondary N) is 1. The van der Waals surface area contributed by atoms with Crippen molar-refractivity contribution in [2.75, 3.05) is 11.1 Å². The largest absolute Gasteiger partial charge is 0.302 e. The average molecular weight is 390 g/mol. The number of carbonyl (C=O) groups excluding carboxylic acids is 1. The molecule has 0 aliphatic rings. The van der Waals surface area contributed by atoms with Crippen LogP contribution >= 0.6 is 34.7 Å². The quantitative estimate of drug-likeness (QED) is 0.436. The minimum absolute atomic E-state index is 0.0152. The molecule has 7 heteroatoms. The zero-order valence-corrected chi connectivity index (χ0v) is 15.7. The fourth-order valence-electron chi connectivity index (χ4n) is 2.10. The molecule has 2 heterocycles. The number of thioether (sulfide) groups is 1. The number of nitrogens with zero attached hydrogens (tertiary/aromatic N) is 2. The van der Waals surface area contributed by atoms with Crippen LogP contribution in [0.3, 0.4) is 0 Å². The summed E-state index contributed by atoms with van der Waals surface area (Å²) in [5, 5.41) is 6.09. The van der Waals surface area contributed by atoms with Crippen molar-refractivity contribution in [3.05, 3.63) is 59.1 Å². The SMILES string of the molecule is O=C(CCCSc1ccc(Cl)cc1)Nc1nc(-c2ccccn2)cs1. The summed E-state index contributed by atoms with van der Waals surface area (Å²) in [5.41, 5.74) is 1.58. The third-order valence-corrected chi connectivity index (χ3v) is 5.42. The number of hydrogen-bond acceptors (Lipinski definition) is 5. The van der Waals surface area contributed by atoms with Crippen molar-refractivity contribution < 1.29 is 4.79 Å². The molecule has 0 fully saturated rings. The maximum atomic E-state index is 12.0. The molecule has 1 N–H and O–H groups in total. The van der Waals surface area contributed by atoms with Gasteiger partial charge in [-0.1, -0.05) is 17.7 Å². The number of anilines is 1. The number of rotatable bonds is 7. The van der Waals surface area contributed by atoms with Gasteiger partial charge in [0.2, 0.25) is 5.91 Å². The minimum Gasteiger partial charge on any atom is -0.302 e. The number of aromatic nitrogens is 2. The lowest BCUT2D eigenvalue weighted by atomic mass is 10.3. The molecular formula is C18H16ClN3OS2. The molecule has 0 spiro atoms. The minimum atomic E-state index is -0.0152. The Morgan fingerprint density at radius 3 is 2.76 bits per heavy atom. The van der Waals surface area contributed by atoms with Crippen molar-refractivity contribution in [3.63, 3.8) is 0 Å². The van der Waals surface area contributed by atoms with Gasteiger partial charge in [-0.25, -0.2) is 4.98 Å². The Morgan fingerprint density at radius 1 is 1.16 bits per heavy atom. The molecule has 0 saturated carbocycles. The first-order valence-corrected chi connectivity index (χ1v) is 10.0. The van der Waals surface area contributed by atoms with Crippen LogP contribution in [0.5, 0.6) is 0 Å². The van der Waals surface area contributed by atoms with Crippen molar-refractivity contribution >= 4 is 45.7 Å². The Kier molecular flexibility index (Phi) is 6.44. The lowest BCUT2D eigenvalue weighted by Crippen LogP contribution is -2.11. The van der Waals surface area contributed by atoms with Gasteiger partial charge in [0.15, 0.2) is 5.13 Å². The van der Waals surface area contributed by atoms with E-state index in [1.807, 2.05) is 47.8 Å². The molecular weight excluding hydrogens is 374 g/mol. The number of amides is 1. The predicted octanol–water partition coefficient (Wildman–Crippen LogP) is 5.37. The third-order valence-electron chi connectivity index (χ3n) is 3.31. The number of carbonyl (C=O) groups is 1. The second-order valence-corrected chi connectivity index (χ2v) is 7.67. The molecule has 4 nitrogen and oxygen atoms in total. The summed E-state index contributed by atoms with van der Waals surface area (Å²) in [7, 11) is 0. The van der Waals surface area contributed by atoms with Crippen LogP contribution in [-0.2, 0) is 4.79 Å². The Hall–Kier alpha value is -1.89. The molecule has 0 radical (unpaired) electrons. The van der Waals surface area contributed by atoms with Gasteiger partial charge in [-0.05, 0) is 48.6 Å². The topological polar surface area (TPSA) is 54.9 Å². The maximum absolute atomic E-state index is 12.0. The van der Waals surface area contributed by atoms with Crippen LogP contribution < -0.4 is 5.32 Å². The zero-order chi connectivity index (χ0) is 17.5. The van der Waals surface area contributed by atoms with Gasteiger partial charge in [0.25, 0.3) is 0 Å². The fourth-order valence-corrected chi connectivity index (χ4v) is 3.80. The molecule has 0 aliphatic carbocycles. The average Bonchev–Trinajstić information content (AvgIpc) is 3.09. The Balaban J connectivity index is 1.42. The summed E-state index contributed by atoms with van der Waals surface area (Å²) >= 11 is 8.99. The summed E-state index contributed by atoms with van der Waals surface area (Å²) in [6.07, 6.45) is 3.00. The highest BCUT2D eigenvalue weighted by Crippen LogP contribution is 2.24. The van der Waals surface area contributed by atoms with E-state index in [1.54, 1.807) is 18.0 Å². The molecule has 25 heavy (non-hydrogen) atoms. The van der Waals surface area contributed by atoms with Gasteiger partial charge in [0, 0.05) is 27.9 Å². The first kappa shape index (κ1) is 17.9. The van der Waals surface area contributed by atoms with E-state index in [0.717, 1.165) is 33.5 Å². The van der Waals surface area contributed by atoms with E-state index in [9.17, 15) is 4.79 Å². The first-order chi connectivity index (χ1) is 12.2. The first-order valence-electron chi connectivity index (χ1n) is 7.76. The van der Waals surface area contributed by atoms with Gasteiger partial charge in [0.05, 0.1) is 5.69 Å². The highest BCUT2D eigenvalue weighted by atomic mass is 35.5. The van der Waals surface area contributed by atoms with E-state index in [4.69, 9.17) is 11.6 Å². The lowest BCUT2D eigenvalue weighted by molar-refractivity contribution is -0.116. The van der Waals surface area contributed by atoms with E-state index < -0.39 is 0 Å². The van der Waals surface area contributed by atoms with Crippen LogP contribution in [0.2, 0.25) is 5.02 Å². The van der Waals surface area contributed by atoms with Gasteiger partial charge >= 0.3 is 0 Å². The van der Waals surface area contributed by atoms with Crippen LogP contribution in [-0.4, -0.2) is 21.6 Å². The number of halogens is 1. The number of benzene rings is 1. The molecule has 0 aliphatic heterocycles. The number of pyridine rings is 1. The van der Waals surface area contributed by atoms with Crippen molar-refractivity contribution in [3.8, 4) is 11.4 Å². The van der Waals surface area contributed by atoms with Crippen LogP contribution in [0.1, 0.15) is 12.8 Å². The Morgan fingerprint density at radius 2 is 2.00 bits per heavy atom. The molecule has 128 valence electrons. The summed E-state index contributed by atoms with van der Waals surface area (Å²) in [6.45, 7) is 0. The van der Waals surface area contributed by atoms with Gasteiger partial charge in [-0.2, -0.15) is 0 Å². The molecule has 0 bridgehead atoms. The van der Waals surface area contributed by atoms with Crippen molar-refractivity contribution in [1.82, 2.24) is 9.97 Å². The molecule has 3 aromatic rings. The van der Waals surface area contributed by atoms with Gasteiger partial charge in [-0.3, -0.25) is 9.78 Å². The summed E-state index contributed by atoms with van der Waals surface area (Å²) in [6, 6.07) is 13.4. The fraction of sp³-hybridized carbons (Fsp3) is 0.167. The zero-order valence-electron chi connectivity index (χ0n) is 13.3. The molecule has 0 saturated heterocycles. The highest BCUT2D eigenvalue weighted by Gasteiger charge is 2.08. The third kappa shape index (κ3) is 5.56. The summed E-state index contributed by atoms with van der Waals surface area (Å²) in [4.78, 5) is 21.9. The van der Waals surface area contributed by atoms with Gasteiger partial charge in [-0.15, -0.1) is 23.1 Å². The predicted molar refractivity (Wildman–Crippen MR) is 105 cm³/mol. The molecule has 1 amide bonds. The molecule has 1 aromatic carbocycles. The van der Waals surface area contributed by atoms with Crippen molar-refractivity contribution in [2.24, 2.45) is 0 Å². The normalized spacial score (nSPS) is 10.6. The second-order valence-electron chi connectivity index (χ2n) is 5.21. The molecule has 2 aromatic heterocycles. The second kappa shape index (κ2) is 8.99. The van der Waals surface area contributed by atoms with E-state index in [-0.39, 0.29) is 5.91 Å². The Labute approximate surface area is 159 Å². The van der Waals surface area contributed by atoms with E-state index in [1.165, 1.54) is 11.3 Å². The Bertz CT molecular complexity index is 822. The van der Waals surface area contributed by atoms with Crippen LogP contribution in [0.25, 0.3) is 11.4 Å². The number of hydrogen-bond donors (Lipinski definition) is 1. The van der Waals surface area contributed by atoms with Crippen LogP contribution in [0, 0.1) is 0 Å². The maximum Gasteiger partial charge on any atom is 0.226 e. The van der Waals surface area contributed by atoms with Crippen molar-refractivity contribution in [1.29, 1.82) is 0 Å². The van der Waals surface area contributed by atoms with Crippen LogP contribution in [0.4, 0.5) is 5.13 Å². The molecule has 0 atom stereocenters. The van der Waals surface area contributed by atoms with Gasteiger partial charge < -0.3 is 5.32 Å². The van der Waals surface area contributed by atoms with E-state index >= 15 is 0 Å². The molecule has 0 unspecified atom stereocenters. The highest BCUT2D eigenvalue weighted by molar-refractivity contribution is 7.99. The van der Waals surface area contributed by atoms with Gasteiger partial charge in [0.1, 0.15) is 5.69 Å². The number of thiazole rings is 1. The van der Waals surface area contributed by atoms with Crippen molar-refractivity contribution in [2.45, 2.75) is 17.7 Å². The smallest absolute Gasteiger partial charge is 0.226 e. The monoisotopic (exact) mass is 389 g/mol. The summed E-state index contributed by atoms with van der Waals surface area (Å²) < 4.78 is 0.